The Hall–Kier alpha value is -2.52. The molecule has 1 fully saturated rings. The Bertz CT molecular complexity index is 662. The lowest BCUT2D eigenvalue weighted by Gasteiger charge is -2.11. The fourth-order valence-electron chi connectivity index (χ4n) is 2.64. The Kier molecular flexibility index (Phi) is 12.2. The first-order valence-corrected chi connectivity index (χ1v) is 9.95. The van der Waals surface area contributed by atoms with Crippen molar-refractivity contribution >= 4 is 5.76 Å². The Balaban J connectivity index is 0.000000292. The second-order valence-corrected chi connectivity index (χ2v) is 6.55. The normalized spacial score (nSPS) is 16.3. The topological polar surface area (TPSA) is 30.5 Å². The molecule has 0 radical (unpaired) electrons. The molecule has 152 valence electrons. The van der Waals surface area contributed by atoms with Crippen molar-refractivity contribution in [1.29, 1.82) is 0 Å². The van der Waals surface area contributed by atoms with Crippen LogP contribution in [0.15, 0.2) is 79.8 Å². The molecule has 0 spiro atoms. The van der Waals surface area contributed by atoms with E-state index in [1.165, 1.54) is 18.4 Å². The molecule has 0 saturated carbocycles. The van der Waals surface area contributed by atoms with Crippen LogP contribution in [0, 0.1) is 0 Å². The first-order valence-electron chi connectivity index (χ1n) is 9.95. The molecular weight excluding hydrogens is 346 g/mol. The summed E-state index contributed by atoms with van der Waals surface area (Å²) >= 11 is 0. The zero-order valence-corrected chi connectivity index (χ0v) is 17.6. The molecular formula is C25H35NO2. The number of nitrogens with one attached hydrogen (secondary N) is 1. The average Bonchev–Trinajstić information content (AvgIpc) is 3.24. The Labute approximate surface area is 171 Å². The van der Waals surface area contributed by atoms with Crippen molar-refractivity contribution < 1.29 is 9.47 Å². The van der Waals surface area contributed by atoms with Crippen LogP contribution in [0.25, 0.3) is 5.76 Å². The van der Waals surface area contributed by atoms with Crippen LogP contribution in [-0.2, 0) is 15.9 Å². The zero-order chi connectivity index (χ0) is 20.6. The quantitative estimate of drug-likeness (QED) is 0.315. The van der Waals surface area contributed by atoms with Crippen LogP contribution in [-0.4, -0.2) is 19.2 Å². The molecule has 1 aliphatic rings. The predicted molar refractivity (Wildman–Crippen MR) is 121 cm³/mol. The summed E-state index contributed by atoms with van der Waals surface area (Å²) in [5.41, 5.74) is 2.31. The van der Waals surface area contributed by atoms with Gasteiger partial charge < -0.3 is 14.8 Å². The van der Waals surface area contributed by atoms with Crippen molar-refractivity contribution in [2.45, 2.75) is 46.1 Å². The summed E-state index contributed by atoms with van der Waals surface area (Å²) in [7, 11) is 0. The highest BCUT2D eigenvalue weighted by Crippen LogP contribution is 2.15. The van der Waals surface area contributed by atoms with E-state index in [4.69, 9.17) is 9.47 Å². The summed E-state index contributed by atoms with van der Waals surface area (Å²) in [6.07, 6.45) is 15.0. The van der Waals surface area contributed by atoms with Gasteiger partial charge in [-0.2, -0.15) is 0 Å². The Morgan fingerprint density at radius 1 is 1.11 bits per heavy atom. The third-order valence-corrected chi connectivity index (χ3v) is 4.20. The van der Waals surface area contributed by atoms with Crippen LogP contribution in [0.5, 0.6) is 0 Å². The van der Waals surface area contributed by atoms with E-state index in [-0.39, 0.29) is 0 Å². The average molecular weight is 382 g/mol. The lowest BCUT2D eigenvalue weighted by Crippen LogP contribution is -2.26. The van der Waals surface area contributed by atoms with Gasteiger partial charge in [0.2, 0.25) is 0 Å². The molecule has 3 heteroatoms. The summed E-state index contributed by atoms with van der Waals surface area (Å²) in [5, 5.41) is 3.36. The number of hydrogen-bond acceptors (Lipinski definition) is 3. The minimum absolute atomic E-state index is 0.534. The van der Waals surface area contributed by atoms with Crippen LogP contribution in [0.4, 0.5) is 0 Å². The maximum absolute atomic E-state index is 5.42. The van der Waals surface area contributed by atoms with Crippen molar-refractivity contribution in [3.8, 4) is 0 Å². The van der Waals surface area contributed by atoms with E-state index < -0.39 is 0 Å². The Morgan fingerprint density at radius 3 is 2.43 bits per heavy atom. The molecule has 0 aromatic heterocycles. The highest BCUT2D eigenvalue weighted by atomic mass is 16.5. The molecule has 1 saturated heterocycles. The van der Waals surface area contributed by atoms with Crippen LogP contribution in [0.3, 0.4) is 0 Å². The zero-order valence-electron chi connectivity index (χ0n) is 17.6. The van der Waals surface area contributed by atoms with E-state index in [0.717, 1.165) is 30.9 Å². The molecule has 0 amide bonds. The molecule has 1 N–H and O–H groups in total. The number of hydrogen-bond donors (Lipinski definition) is 1. The lowest BCUT2D eigenvalue weighted by molar-refractivity contribution is 0.198. The van der Waals surface area contributed by atoms with Gasteiger partial charge in [-0.15, -0.1) is 0 Å². The standard InChI is InChI=1S/C15H18O.C10H17NO/c1-4-6-7-14-8-10-15(11-9-14)13(3)16-12-5-2;1-3-5-9(2)12-8-10-6-4-7-11-10/h4-6,8-12H,3,7H2,1-2H3;3,5,10-11H,2,4,6-8H2,1H3/b6-4+,12-5-;5-3-/t;10-/m.1/s1. The van der Waals surface area contributed by atoms with Gasteiger partial charge in [0.15, 0.2) is 0 Å². The maximum Gasteiger partial charge on any atom is 0.126 e. The summed E-state index contributed by atoms with van der Waals surface area (Å²) in [4.78, 5) is 0. The molecule has 28 heavy (non-hydrogen) atoms. The third kappa shape index (κ3) is 9.98. The van der Waals surface area contributed by atoms with E-state index in [0.29, 0.717) is 11.8 Å². The van der Waals surface area contributed by atoms with E-state index in [1.54, 1.807) is 6.26 Å². The van der Waals surface area contributed by atoms with E-state index in [1.807, 2.05) is 51.1 Å². The molecule has 1 atom stereocenters. The van der Waals surface area contributed by atoms with Gasteiger partial charge in [-0.3, -0.25) is 0 Å². The first-order chi connectivity index (χ1) is 13.6. The van der Waals surface area contributed by atoms with Crippen molar-refractivity contribution in [2.24, 2.45) is 0 Å². The van der Waals surface area contributed by atoms with Gasteiger partial charge >= 0.3 is 0 Å². The molecule has 3 nitrogen and oxygen atoms in total. The molecule has 0 bridgehead atoms. The van der Waals surface area contributed by atoms with Crippen molar-refractivity contribution in [3.05, 3.63) is 91.0 Å². The van der Waals surface area contributed by atoms with Gasteiger partial charge in [-0.25, -0.2) is 0 Å². The summed E-state index contributed by atoms with van der Waals surface area (Å²) in [6, 6.07) is 8.79. The fraction of sp³-hybridized carbons (Fsp3) is 0.360. The van der Waals surface area contributed by atoms with Crippen LogP contribution >= 0.6 is 0 Å². The van der Waals surface area contributed by atoms with Gasteiger partial charge in [0.1, 0.15) is 18.1 Å². The minimum Gasteiger partial charge on any atom is -0.493 e. The summed E-state index contributed by atoms with van der Waals surface area (Å²) < 4.78 is 10.7. The van der Waals surface area contributed by atoms with E-state index in [2.05, 4.69) is 42.8 Å². The third-order valence-electron chi connectivity index (χ3n) is 4.20. The highest BCUT2D eigenvalue weighted by molar-refractivity contribution is 5.58. The summed E-state index contributed by atoms with van der Waals surface area (Å²) in [6.45, 7) is 15.4. The second-order valence-electron chi connectivity index (χ2n) is 6.55. The van der Waals surface area contributed by atoms with Gasteiger partial charge in [-0.1, -0.05) is 61.7 Å². The maximum atomic E-state index is 5.42. The van der Waals surface area contributed by atoms with Crippen LogP contribution in [0.2, 0.25) is 0 Å². The van der Waals surface area contributed by atoms with Crippen LogP contribution < -0.4 is 5.32 Å². The lowest BCUT2D eigenvalue weighted by atomic mass is 10.1. The summed E-state index contributed by atoms with van der Waals surface area (Å²) in [5.74, 6) is 1.43. The molecule has 0 unspecified atom stereocenters. The largest absolute Gasteiger partial charge is 0.493 e. The minimum atomic E-state index is 0.534. The number of rotatable bonds is 9. The smallest absolute Gasteiger partial charge is 0.126 e. The fourth-order valence-corrected chi connectivity index (χ4v) is 2.64. The van der Waals surface area contributed by atoms with Gasteiger partial charge in [0.25, 0.3) is 0 Å². The molecule has 1 aliphatic heterocycles. The van der Waals surface area contributed by atoms with Gasteiger partial charge in [0.05, 0.1) is 6.26 Å². The van der Waals surface area contributed by atoms with Crippen molar-refractivity contribution in [2.75, 3.05) is 13.2 Å². The Morgan fingerprint density at radius 2 is 1.86 bits per heavy atom. The molecule has 1 aromatic carbocycles. The van der Waals surface area contributed by atoms with Gasteiger partial charge in [0, 0.05) is 11.6 Å². The first kappa shape index (κ1) is 23.5. The predicted octanol–water partition coefficient (Wildman–Crippen LogP) is 6.17. The SMILES string of the molecule is C=C(/C=C\C)OC[C@H]1CCCN1.C=C(O/C=C\C)c1ccc(C/C=C/C)cc1. The van der Waals surface area contributed by atoms with Crippen molar-refractivity contribution in [1.82, 2.24) is 5.32 Å². The monoisotopic (exact) mass is 381 g/mol. The molecule has 1 heterocycles. The van der Waals surface area contributed by atoms with E-state index in [9.17, 15) is 0 Å². The molecule has 2 rings (SSSR count). The van der Waals surface area contributed by atoms with E-state index >= 15 is 0 Å². The highest BCUT2D eigenvalue weighted by Gasteiger charge is 2.13. The number of ether oxygens (including phenoxy) is 2. The number of allylic oxidation sites excluding steroid dienone is 5. The molecule has 1 aromatic rings. The van der Waals surface area contributed by atoms with Crippen LogP contribution in [0.1, 0.15) is 44.7 Å². The number of benzene rings is 1. The second kappa shape index (κ2) is 14.5. The molecule has 0 aliphatic carbocycles. The van der Waals surface area contributed by atoms with Crippen molar-refractivity contribution in [3.63, 3.8) is 0 Å². The van der Waals surface area contributed by atoms with Gasteiger partial charge in [-0.05, 0) is 58.2 Å².